The summed E-state index contributed by atoms with van der Waals surface area (Å²) < 4.78 is 6.54. The topological polar surface area (TPSA) is 69.9 Å². The summed E-state index contributed by atoms with van der Waals surface area (Å²) in [6.45, 7) is 6.67. The number of rotatable bonds is 6. The Hall–Kier alpha value is -1.47. The summed E-state index contributed by atoms with van der Waals surface area (Å²) in [5, 5.41) is 10.9. The van der Waals surface area contributed by atoms with Gasteiger partial charge in [0, 0.05) is 11.3 Å². The van der Waals surface area contributed by atoms with Crippen molar-refractivity contribution in [1.29, 1.82) is 0 Å². The van der Waals surface area contributed by atoms with Crippen LogP contribution in [0.15, 0.2) is 5.38 Å². The lowest BCUT2D eigenvalue weighted by atomic mass is 10.2. The van der Waals surface area contributed by atoms with Crippen LogP contribution in [0.25, 0.3) is 0 Å². The van der Waals surface area contributed by atoms with Gasteiger partial charge in [-0.25, -0.2) is 14.5 Å². The van der Waals surface area contributed by atoms with Gasteiger partial charge >= 0.3 is 5.97 Å². The van der Waals surface area contributed by atoms with E-state index < -0.39 is 5.97 Å². The molecular formula is C13H17ClN4O2S. The molecule has 0 bridgehead atoms. The van der Waals surface area contributed by atoms with Crippen LogP contribution in [0.3, 0.4) is 0 Å². The molecule has 0 aliphatic heterocycles. The number of halogens is 1. The third-order valence-electron chi connectivity index (χ3n) is 2.81. The van der Waals surface area contributed by atoms with Crippen molar-refractivity contribution in [2.75, 3.05) is 6.61 Å². The molecule has 2 aromatic heterocycles. The highest BCUT2D eigenvalue weighted by atomic mass is 35.5. The first-order valence-electron chi connectivity index (χ1n) is 6.66. The van der Waals surface area contributed by atoms with Gasteiger partial charge in [-0.2, -0.15) is 0 Å². The Bertz CT molecular complexity index is 623. The van der Waals surface area contributed by atoms with E-state index in [1.807, 2.05) is 5.38 Å². The van der Waals surface area contributed by atoms with Crippen molar-refractivity contribution < 1.29 is 9.53 Å². The second-order valence-corrected chi connectivity index (χ2v) is 5.89. The molecule has 0 fully saturated rings. The number of alkyl halides is 1. The van der Waals surface area contributed by atoms with Gasteiger partial charge in [-0.15, -0.1) is 28.0 Å². The normalized spacial score (nSPS) is 11.1. The molecule has 0 amide bonds. The predicted octanol–water partition coefficient (Wildman–Crippen LogP) is 2.82. The van der Waals surface area contributed by atoms with Crippen LogP contribution < -0.4 is 0 Å². The zero-order valence-electron chi connectivity index (χ0n) is 12.2. The van der Waals surface area contributed by atoms with Crippen molar-refractivity contribution in [2.45, 2.75) is 39.1 Å². The molecule has 2 rings (SSSR count). The lowest BCUT2D eigenvalue weighted by molar-refractivity contribution is 0.0518. The van der Waals surface area contributed by atoms with E-state index in [2.05, 4.69) is 29.1 Å². The highest BCUT2D eigenvalue weighted by Gasteiger charge is 2.20. The van der Waals surface area contributed by atoms with E-state index in [1.165, 1.54) is 0 Å². The smallest absolute Gasteiger partial charge is 0.360 e. The van der Waals surface area contributed by atoms with Gasteiger partial charge in [0.1, 0.15) is 0 Å². The van der Waals surface area contributed by atoms with Gasteiger partial charge in [0.25, 0.3) is 0 Å². The van der Waals surface area contributed by atoms with E-state index in [9.17, 15) is 4.79 Å². The first-order chi connectivity index (χ1) is 10.1. The molecule has 8 heteroatoms. The quantitative estimate of drug-likeness (QED) is 0.602. The average Bonchev–Trinajstić information content (AvgIpc) is 3.06. The van der Waals surface area contributed by atoms with Gasteiger partial charge in [-0.1, -0.05) is 19.1 Å². The molecule has 0 aromatic carbocycles. The van der Waals surface area contributed by atoms with Crippen LogP contribution in [-0.2, 0) is 17.2 Å². The molecule has 6 nitrogen and oxygen atoms in total. The molecule has 0 saturated carbocycles. The number of esters is 1. The minimum absolute atomic E-state index is 0.141. The summed E-state index contributed by atoms with van der Waals surface area (Å²) in [7, 11) is 0. The zero-order chi connectivity index (χ0) is 15.4. The van der Waals surface area contributed by atoms with Crippen molar-refractivity contribution in [1.82, 2.24) is 20.0 Å². The Morgan fingerprint density at radius 2 is 2.29 bits per heavy atom. The van der Waals surface area contributed by atoms with Crippen LogP contribution in [0.4, 0.5) is 0 Å². The maximum Gasteiger partial charge on any atom is 0.360 e. The van der Waals surface area contributed by atoms with E-state index in [-0.39, 0.29) is 18.2 Å². The second-order valence-electron chi connectivity index (χ2n) is 4.73. The fraction of sp³-hybridized carbons (Fsp3) is 0.538. The Balaban J connectivity index is 2.21. The van der Waals surface area contributed by atoms with Crippen LogP contribution in [-0.4, -0.2) is 32.6 Å². The van der Waals surface area contributed by atoms with Crippen LogP contribution in [0, 0.1) is 0 Å². The molecular weight excluding hydrogens is 312 g/mol. The van der Waals surface area contributed by atoms with Crippen molar-refractivity contribution in [3.8, 4) is 0 Å². The lowest BCUT2D eigenvalue weighted by Gasteiger charge is -2.03. The molecule has 0 atom stereocenters. The largest absolute Gasteiger partial charge is 0.461 e. The highest BCUT2D eigenvalue weighted by Crippen LogP contribution is 2.20. The van der Waals surface area contributed by atoms with E-state index in [0.29, 0.717) is 18.2 Å². The van der Waals surface area contributed by atoms with E-state index in [0.717, 1.165) is 10.7 Å². The first kappa shape index (κ1) is 15.9. The molecule has 2 aromatic rings. The number of nitrogens with zero attached hydrogens (tertiary/aromatic N) is 4. The van der Waals surface area contributed by atoms with Gasteiger partial charge in [-0.3, -0.25) is 0 Å². The Kier molecular flexibility index (Phi) is 5.30. The SMILES string of the molecule is CCOC(=O)c1nnn(Cc2csc(C(C)C)n2)c1CCl. The summed E-state index contributed by atoms with van der Waals surface area (Å²) in [5.74, 6) is 0.0325. The molecule has 21 heavy (non-hydrogen) atoms. The lowest BCUT2D eigenvalue weighted by Crippen LogP contribution is -2.10. The Labute approximate surface area is 132 Å². The summed E-state index contributed by atoms with van der Waals surface area (Å²) in [5.41, 5.74) is 1.61. The molecule has 0 spiro atoms. The average molecular weight is 329 g/mol. The number of hydrogen-bond donors (Lipinski definition) is 0. The van der Waals surface area contributed by atoms with Crippen LogP contribution >= 0.6 is 22.9 Å². The summed E-state index contributed by atoms with van der Waals surface area (Å²) in [6.07, 6.45) is 0. The summed E-state index contributed by atoms with van der Waals surface area (Å²) in [6, 6.07) is 0. The first-order valence-corrected chi connectivity index (χ1v) is 8.08. The van der Waals surface area contributed by atoms with E-state index >= 15 is 0 Å². The van der Waals surface area contributed by atoms with Gasteiger partial charge < -0.3 is 4.74 Å². The minimum Gasteiger partial charge on any atom is -0.461 e. The van der Waals surface area contributed by atoms with Crippen LogP contribution in [0.2, 0.25) is 0 Å². The number of ether oxygens (including phenoxy) is 1. The highest BCUT2D eigenvalue weighted by molar-refractivity contribution is 7.09. The van der Waals surface area contributed by atoms with Crippen molar-refractivity contribution in [3.63, 3.8) is 0 Å². The number of carbonyl (C=O) groups excluding carboxylic acids is 1. The van der Waals surface area contributed by atoms with E-state index in [1.54, 1.807) is 22.9 Å². The number of aromatic nitrogens is 4. The van der Waals surface area contributed by atoms with Gasteiger partial charge in [0.2, 0.25) is 0 Å². The van der Waals surface area contributed by atoms with Crippen molar-refractivity contribution in [2.24, 2.45) is 0 Å². The number of thiazole rings is 1. The van der Waals surface area contributed by atoms with Crippen LogP contribution in [0.5, 0.6) is 0 Å². The van der Waals surface area contributed by atoms with Gasteiger partial charge in [0.05, 0.1) is 35.4 Å². The molecule has 0 N–H and O–H groups in total. The fourth-order valence-corrected chi connectivity index (χ4v) is 2.85. The second kappa shape index (κ2) is 7.00. The molecule has 0 aliphatic rings. The molecule has 0 saturated heterocycles. The third-order valence-corrected chi connectivity index (χ3v) is 4.26. The number of carbonyl (C=O) groups is 1. The van der Waals surface area contributed by atoms with Gasteiger partial charge in [-0.05, 0) is 6.92 Å². The standard InChI is InChI=1S/C13H17ClN4O2S/c1-4-20-13(19)11-10(5-14)18(17-16-11)6-9-7-21-12(15-9)8(2)3/h7-8H,4-6H2,1-3H3. The zero-order valence-corrected chi connectivity index (χ0v) is 13.7. The van der Waals surface area contributed by atoms with Gasteiger partial charge in [0.15, 0.2) is 5.69 Å². The molecule has 2 heterocycles. The molecule has 0 radical (unpaired) electrons. The summed E-state index contributed by atoms with van der Waals surface area (Å²) >= 11 is 7.53. The third kappa shape index (κ3) is 3.59. The van der Waals surface area contributed by atoms with Crippen LogP contribution in [0.1, 0.15) is 53.6 Å². The molecule has 0 aliphatic carbocycles. The fourth-order valence-electron chi connectivity index (χ4n) is 1.76. The maximum atomic E-state index is 11.8. The van der Waals surface area contributed by atoms with E-state index in [4.69, 9.17) is 16.3 Å². The molecule has 0 unspecified atom stereocenters. The predicted molar refractivity (Wildman–Crippen MR) is 80.8 cm³/mol. The minimum atomic E-state index is -0.499. The van der Waals surface area contributed by atoms with Crippen molar-refractivity contribution in [3.05, 3.63) is 27.5 Å². The molecule has 114 valence electrons. The monoisotopic (exact) mass is 328 g/mol. The Morgan fingerprint density at radius 1 is 1.52 bits per heavy atom. The Morgan fingerprint density at radius 3 is 2.86 bits per heavy atom. The number of hydrogen-bond acceptors (Lipinski definition) is 6. The van der Waals surface area contributed by atoms with Crippen molar-refractivity contribution >= 4 is 28.9 Å². The summed E-state index contributed by atoms with van der Waals surface area (Å²) in [4.78, 5) is 16.3. The maximum absolute atomic E-state index is 11.8.